The van der Waals surface area contributed by atoms with E-state index in [1.54, 1.807) is 0 Å². The van der Waals surface area contributed by atoms with Crippen molar-refractivity contribution in [2.45, 2.75) is 17.3 Å². The summed E-state index contributed by atoms with van der Waals surface area (Å²) in [6, 6.07) is 10.7. The Kier molecular flexibility index (Phi) is 2.40. The van der Waals surface area contributed by atoms with Crippen molar-refractivity contribution in [3.63, 3.8) is 0 Å². The SMILES string of the molecule is C[C](C)([SnH])c1ccccc1. The summed E-state index contributed by atoms with van der Waals surface area (Å²) in [5, 5.41) is 0. The van der Waals surface area contributed by atoms with Gasteiger partial charge in [-0.3, -0.25) is 0 Å². The second-order valence-electron chi connectivity index (χ2n) is 3.09. The van der Waals surface area contributed by atoms with Crippen molar-refractivity contribution in [2.75, 3.05) is 0 Å². The molecule has 52 valence electrons. The standard InChI is InChI=1S/C9H11.Sn.H/c1-8(2)9-6-4-3-5-7-9;;/h3-7H,1-2H3;;. The number of benzene rings is 1. The van der Waals surface area contributed by atoms with E-state index in [1.165, 1.54) is 28.1 Å². The van der Waals surface area contributed by atoms with E-state index >= 15 is 0 Å². The van der Waals surface area contributed by atoms with Crippen molar-refractivity contribution >= 4 is 22.5 Å². The Balaban J connectivity index is 2.97. The summed E-state index contributed by atoms with van der Waals surface area (Å²) < 4.78 is 0.423. The van der Waals surface area contributed by atoms with E-state index in [9.17, 15) is 0 Å². The Morgan fingerprint density at radius 2 is 1.60 bits per heavy atom. The fourth-order valence-corrected chi connectivity index (χ4v) is 1.42. The summed E-state index contributed by atoms with van der Waals surface area (Å²) in [6.07, 6.45) is 0. The van der Waals surface area contributed by atoms with Crippen LogP contribution in [-0.4, -0.2) is 22.5 Å². The zero-order chi connectivity index (χ0) is 7.61. The summed E-state index contributed by atoms with van der Waals surface area (Å²) in [5.74, 6) is 0. The first-order valence-electron chi connectivity index (χ1n) is 3.45. The molecule has 0 amide bonds. The topological polar surface area (TPSA) is 0 Å². The van der Waals surface area contributed by atoms with E-state index in [4.69, 9.17) is 0 Å². The Labute approximate surface area is 75.7 Å². The molecule has 0 bridgehead atoms. The van der Waals surface area contributed by atoms with Crippen molar-refractivity contribution in [1.82, 2.24) is 0 Å². The second kappa shape index (κ2) is 2.95. The molecular formula is C9H12Sn. The number of rotatable bonds is 1. The summed E-state index contributed by atoms with van der Waals surface area (Å²) in [5.41, 5.74) is 1.46. The van der Waals surface area contributed by atoms with Crippen LogP contribution < -0.4 is 0 Å². The van der Waals surface area contributed by atoms with E-state index < -0.39 is 0 Å². The van der Waals surface area contributed by atoms with Crippen LogP contribution in [0.15, 0.2) is 30.3 Å². The van der Waals surface area contributed by atoms with Gasteiger partial charge in [0.25, 0.3) is 0 Å². The van der Waals surface area contributed by atoms with Gasteiger partial charge >= 0.3 is 75.7 Å². The molecular weight excluding hydrogens is 227 g/mol. The molecule has 1 aromatic carbocycles. The van der Waals surface area contributed by atoms with E-state index in [-0.39, 0.29) is 0 Å². The van der Waals surface area contributed by atoms with E-state index in [2.05, 4.69) is 44.2 Å². The summed E-state index contributed by atoms with van der Waals surface area (Å²) in [7, 11) is 0. The Morgan fingerprint density at radius 1 is 1.10 bits per heavy atom. The first kappa shape index (κ1) is 8.12. The van der Waals surface area contributed by atoms with Crippen molar-refractivity contribution < 1.29 is 0 Å². The first-order chi connectivity index (χ1) is 4.61. The van der Waals surface area contributed by atoms with Crippen molar-refractivity contribution in [1.29, 1.82) is 0 Å². The fourth-order valence-electron chi connectivity index (χ4n) is 0.868. The van der Waals surface area contributed by atoms with Gasteiger partial charge < -0.3 is 0 Å². The molecule has 0 aliphatic heterocycles. The molecule has 10 heavy (non-hydrogen) atoms. The predicted molar refractivity (Wildman–Crippen MR) is 46.6 cm³/mol. The number of hydrogen-bond donors (Lipinski definition) is 0. The van der Waals surface area contributed by atoms with Gasteiger partial charge in [-0.25, -0.2) is 0 Å². The molecule has 0 N–H and O–H groups in total. The minimum absolute atomic E-state index is 0.423. The average molecular weight is 239 g/mol. The fraction of sp³-hybridized carbons (Fsp3) is 0.333. The molecule has 0 saturated heterocycles. The van der Waals surface area contributed by atoms with Gasteiger partial charge in [0, 0.05) is 0 Å². The Hall–Kier alpha value is 0.0187. The van der Waals surface area contributed by atoms with Crippen LogP contribution in [0.1, 0.15) is 19.4 Å². The molecule has 0 unspecified atom stereocenters. The van der Waals surface area contributed by atoms with Gasteiger partial charge in [0.1, 0.15) is 0 Å². The zero-order valence-corrected chi connectivity index (χ0v) is 9.76. The molecule has 0 nitrogen and oxygen atoms in total. The van der Waals surface area contributed by atoms with Gasteiger partial charge in [0.15, 0.2) is 0 Å². The van der Waals surface area contributed by atoms with E-state index in [0.29, 0.717) is 3.43 Å². The maximum atomic E-state index is 2.28. The quantitative estimate of drug-likeness (QED) is 0.655. The van der Waals surface area contributed by atoms with Gasteiger partial charge in [-0.2, -0.15) is 0 Å². The van der Waals surface area contributed by atoms with Crippen LogP contribution in [0.25, 0.3) is 0 Å². The van der Waals surface area contributed by atoms with E-state index in [1.807, 2.05) is 0 Å². The van der Waals surface area contributed by atoms with Gasteiger partial charge in [0.2, 0.25) is 0 Å². The molecule has 1 heteroatoms. The second-order valence-corrected chi connectivity index (χ2v) is 7.21. The van der Waals surface area contributed by atoms with Crippen LogP contribution in [0.5, 0.6) is 0 Å². The van der Waals surface area contributed by atoms with Crippen LogP contribution in [0.3, 0.4) is 0 Å². The van der Waals surface area contributed by atoms with E-state index in [0.717, 1.165) is 0 Å². The minimum atomic E-state index is 0.423. The molecule has 0 heterocycles. The summed E-state index contributed by atoms with van der Waals surface area (Å²) in [6.45, 7) is 4.56. The van der Waals surface area contributed by atoms with Crippen molar-refractivity contribution in [3.8, 4) is 0 Å². The zero-order valence-electron chi connectivity index (χ0n) is 6.46. The third-order valence-corrected chi connectivity index (χ3v) is 2.47. The van der Waals surface area contributed by atoms with Crippen LogP contribution >= 0.6 is 0 Å². The molecule has 0 fully saturated rings. The molecule has 0 saturated carbocycles. The number of hydrogen-bond acceptors (Lipinski definition) is 0. The Bertz CT molecular complexity index is 196. The molecule has 0 aliphatic rings. The normalized spacial score (nSPS) is 11.5. The molecule has 1 rings (SSSR count). The molecule has 0 aromatic heterocycles. The molecule has 2 radical (unpaired) electrons. The monoisotopic (exact) mass is 240 g/mol. The third-order valence-electron chi connectivity index (χ3n) is 1.52. The van der Waals surface area contributed by atoms with Crippen LogP contribution in [-0.2, 0) is 3.43 Å². The van der Waals surface area contributed by atoms with Gasteiger partial charge in [-0.1, -0.05) is 0 Å². The average Bonchev–Trinajstić information content (AvgIpc) is 1.88. The van der Waals surface area contributed by atoms with Gasteiger partial charge in [0.05, 0.1) is 0 Å². The molecule has 0 atom stereocenters. The van der Waals surface area contributed by atoms with Gasteiger partial charge in [-0.05, 0) is 0 Å². The third kappa shape index (κ3) is 2.01. The first-order valence-corrected chi connectivity index (χ1v) is 5.10. The van der Waals surface area contributed by atoms with Crippen LogP contribution in [0.2, 0.25) is 0 Å². The Morgan fingerprint density at radius 3 is 1.90 bits per heavy atom. The molecule has 0 spiro atoms. The molecule has 1 aromatic rings. The maximum absolute atomic E-state index is 2.28. The van der Waals surface area contributed by atoms with Crippen LogP contribution in [0.4, 0.5) is 0 Å². The molecule has 0 aliphatic carbocycles. The van der Waals surface area contributed by atoms with Crippen LogP contribution in [0, 0.1) is 0 Å². The summed E-state index contributed by atoms with van der Waals surface area (Å²) in [4.78, 5) is 0. The van der Waals surface area contributed by atoms with Gasteiger partial charge in [-0.15, -0.1) is 0 Å². The van der Waals surface area contributed by atoms with Crippen molar-refractivity contribution in [3.05, 3.63) is 35.9 Å². The summed E-state index contributed by atoms with van der Waals surface area (Å²) >= 11 is 1.28. The predicted octanol–water partition coefficient (Wildman–Crippen LogP) is 1.82. The van der Waals surface area contributed by atoms with Crippen molar-refractivity contribution in [2.24, 2.45) is 0 Å².